The third-order valence-electron chi connectivity index (χ3n) is 3.85. The molecule has 0 bridgehead atoms. The van der Waals surface area contributed by atoms with E-state index in [2.05, 4.69) is 4.98 Å². The fraction of sp³-hybridized carbons (Fsp3) is 0.167. The van der Waals surface area contributed by atoms with Crippen LogP contribution >= 0.6 is 0 Å². The van der Waals surface area contributed by atoms with Crippen molar-refractivity contribution in [2.45, 2.75) is 6.04 Å². The minimum Gasteiger partial charge on any atom is -0.497 e. The Morgan fingerprint density at radius 2 is 1.92 bits per heavy atom. The molecule has 0 spiro atoms. The molecule has 1 unspecified atom stereocenters. The van der Waals surface area contributed by atoms with Gasteiger partial charge in [0.05, 0.1) is 25.3 Å². The van der Waals surface area contributed by atoms with Crippen LogP contribution in [0.4, 0.5) is 8.78 Å². The lowest BCUT2D eigenvalue weighted by Crippen LogP contribution is -2.15. The highest BCUT2D eigenvalue weighted by Gasteiger charge is 2.19. The van der Waals surface area contributed by atoms with Gasteiger partial charge in [0.1, 0.15) is 23.2 Å². The average molecular weight is 330 g/mol. The molecule has 2 aromatic carbocycles. The zero-order chi connectivity index (χ0) is 17.1. The number of benzene rings is 2. The Hall–Kier alpha value is -2.73. The van der Waals surface area contributed by atoms with Crippen LogP contribution in [0, 0.1) is 11.6 Å². The molecule has 3 rings (SSSR count). The average Bonchev–Trinajstić information content (AvgIpc) is 3.06. The van der Waals surface area contributed by atoms with E-state index in [9.17, 15) is 13.9 Å². The van der Waals surface area contributed by atoms with Crippen LogP contribution < -0.4 is 4.74 Å². The number of aliphatic hydroxyl groups excluding tert-OH is 1. The van der Waals surface area contributed by atoms with Crippen molar-refractivity contribution in [1.82, 2.24) is 9.55 Å². The van der Waals surface area contributed by atoms with Gasteiger partial charge in [-0.2, -0.15) is 0 Å². The highest BCUT2D eigenvalue weighted by atomic mass is 19.1. The first-order valence-corrected chi connectivity index (χ1v) is 7.37. The van der Waals surface area contributed by atoms with E-state index < -0.39 is 11.9 Å². The Balaban J connectivity index is 2.04. The van der Waals surface area contributed by atoms with Crippen molar-refractivity contribution >= 4 is 0 Å². The summed E-state index contributed by atoms with van der Waals surface area (Å²) < 4.78 is 34.1. The zero-order valence-corrected chi connectivity index (χ0v) is 13.0. The summed E-state index contributed by atoms with van der Waals surface area (Å²) in [6.45, 7) is -0.229. The molecule has 1 heterocycles. The molecule has 6 heteroatoms. The Morgan fingerprint density at radius 1 is 1.17 bits per heavy atom. The standard InChI is InChI=1S/C18H16F2N2O2/c1-24-14-6-7-15(16(20)10-14)18-21-8-9-22(18)17(11-23)12-2-4-13(19)5-3-12/h2-10,17,23H,11H2,1H3. The van der Waals surface area contributed by atoms with Gasteiger partial charge >= 0.3 is 0 Å². The maximum absolute atomic E-state index is 14.4. The molecule has 1 N–H and O–H groups in total. The molecular formula is C18H16F2N2O2. The second-order valence-corrected chi connectivity index (χ2v) is 5.25. The van der Waals surface area contributed by atoms with Gasteiger partial charge in [-0.3, -0.25) is 0 Å². The third-order valence-corrected chi connectivity index (χ3v) is 3.85. The quantitative estimate of drug-likeness (QED) is 0.780. The minimum atomic E-state index is -0.496. The van der Waals surface area contributed by atoms with Gasteiger partial charge in [0.25, 0.3) is 0 Å². The van der Waals surface area contributed by atoms with Crippen molar-refractivity contribution in [3.8, 4) is 17.1 Å². The first kappa shape index (κ1) is 16.1. The first-order valence-electron chi connectivity index (χ1n) is 7.37. The van der Waals surface area contributed by atoms with Gasteiger partial charge in [-0.05, 0) is 29.8 Å². The largest absolute Gasteiger partial charge is 0.497 e. The van der Waals surface area contributed by atoms with Crippen LogP contribution in [-0.2, 0) is 0 Å². The number of rotatable bonds is 5. The maximum atomic E-state index is 14.4. The fourth-order valence-corrected chi connectivity index (χ4v) is 2.62. The van der Waals surface area contributed by atoms with Crippen LogP contribution in [0.5, 0.6) is 5.75 Å². The number of aliphatic hydroxyl groups is 1. The van der Waals surface area contributed by atoms with Gasteiger partial charge in [0.2, 0.25) is 0 Å². The van der Waals surface area contributed by atoms with E-state index >= 15 is 0 Å². The minimum absolute atomic E-state index is 0.229. The summed E-state index contributed by atoms with van der Waals surface area (Å²) in [6, 6.07) is 9.82. The first-order chi connectivity index (χ1) is 11.6. The molecule has 0 aliphatic heterocycles. The maximum Gasteiger partial charge on any atom is 0.143 e. The Morgan fingerprint density at radius 3 is 2.54 bits per heavy atom. The van der Waals surface area contributed by atoms with Crippen molar-refractivity contribution in [3.63, 3.8) is 0 Å². The SMILES string of the molecule is COc1ccc(-c2nccn2C(CO)c2ccc(F)cc2)c(F)c1. The van der Waals surface area contributed by atoms with E-state index in [-0.39, 0.29) is 12.4 Å². The summed E-state index contributed by atoms with van der Waals surface area (Å²) >= 11 is 0. The van der Waals surface area contributed by atoms with E-state index in [1.54, 1.807) is 35.0 Å². The second kappa shape index (κ2) is 6.80. The fourth-order valence-electron chi connectivity index (χ4n) is 2.62. The van der Waals surface area contributed by atoms with Crippen molar-refractivity contribution in [2.24, 2.45) is 0 Å². The van der Waals surface area contributed by atoms with Gasteiger partial charge in [-0.15, -0.1) is 0 Å². The van der Waals surface area contributed by atoms with Crippen LogP contribution in [0.1, 0.15) is 11.6 Å². The normalized spacial score (nSPS) is 12.2. The summed E-state index contributed by atoms with van der Waals surface area (Å²) in [5.74, 6) is -0.0507. The molecule has 1 atom stereocenters. The molecule has 0 aliphatic carbocycles. The van der Waals surface area contributed by atoms with Crippen molar-refractivity contribution in [2.75, 3.05) is 13.7 Å². The van der Waals surface area contributed by atoms with Gasteiger partial charge in [0, 0.05) is 18.5 Å². The summed E-state index contributed by atoms with van der Waals surface area (Å²) in [6.07, 6.45) is 3.19. The van der Waals surface area contributed by atoms with E-state index in [4.69, 9.17) is 4.74 Å². The van der Waals surface area contributed by atoms with Crippen molar-refractivity contribution in [3.05, 3.63) is 72.1 Å². The van der Waals surface area contributed by atoms with E-state index in [1.807, 2.05) is 0 Å². The molecule has 4 nitrogen and oxygen atoms in total. The molecular weight excluding hydrogens is 314 g/mol. The number of aromatic nitrogens is 2. The monoisotopic (exact) mass is 330 g/mol. The lowest BCUT2D eigenvalue weighted by atomic mass is 10.1. The number of ether oxygens (including phenoxy) is 1. The molecule has 124 valence electrons. The summed E-state index contributed by atoms with van der Waals surface area (Å²) in [7, 11) is 1.46. The summed E-state index contributed by atoms with van der Waals surface area (Å²) in [4.78, 5) is 4.21. The van der Waals surface area contributed by atoms with Crippen LogP contribution in [0.15, 0.2) is 54.9 Å². The lowest BCUT2D eigenvalue weighted by molar-refractivity contribution is 0.250. The smallest absolute Gasteiger partial charge is 0.143 e. The van der Waals surface area contributed by atoms with E-state index in [1.165, 1.54) is 31.5 Å². The van der Waals surface area contributed by atoms with E-state index in [0.717, 1.165) is 0 Å². The number of halogens is 2. The van der Waals surface area contributed by atoms with Gasteiger partial charge in [-0.25, -0.2) is 13.8 Å². The van der Waals surface area contributed by atoms with Crippen LogP contribution in [0.25, 0.3) is 11.4 Å². The van der Waals surface area contributed by atoms with E-state index in [0.29, 0.717) is 22.7 Å². The summed E-state index contributed by atoms with van der Waals surface area (Å²) in [5, 5.41) is 9.79. The number of imidazole rings is 1. The highest BCUT2D eigenvalue weighted by molar-refractivity contribution is 5.58. The Bertz CT molecular complexity index is 831. The van der Waals surface area contributed by atoms with Crippen LogP contribution in [0.3, 0.4) is 0 Å². The van der Waals surface area contributed by atoms with Gasteiger partial charge in [-0.1, -0.05) is 12.1 Å². The van der Waals surface area contributed by atoms with Crippen LogP contribution in [-0.4, -0.2) is 28.4 Å². The molecule has 24 heavy (non-hydrogen) atoms. The Labute approximate surface area is 138 Å². The molecule has 0 fully saturated rings. The third kappa shape index (κ3) is 3.00. The number of nitrogens with zero attached hydrogens (tertiary/aromatic N) is 2. The van der Waals surface area contributed by atoms with Crippen molar-refractivity contribution < 1.29 is 18.6 Å². The number of methoxy groups -OCH3 is 1. The molecule has 0 saturated carbocycles. The molecule has 0 saturated heterocycles. The molecule has 0 radical (unpaired) electrons. The van der Waals surface area contributed by atoms with Crippen molar-refractivity contribution in [1.29, 1.82) is 0 Å². The molecule has 1 aromatic heterocycles. The molecule has 0 amide bonds. The number of hydrogen-bond acceptors (Lipinski definition) is 3. The number of hydrogen-bond donors (Lipinski definition) is 1. The molecule has 3 aromatic rings. The predicted molar refractivity (Wildman–Crippen MR) is 85.8 cm³/mol. The highest BCUT2D eigenvalue weighted by Crippen LogP contribution is 2.29. The predicted octanol–water partition coefficient (Wildman–Crippen LogP) is 3.42. The summed E-state index contributed by atoms with van der Waals surface area (Å²) in [5.41, 5.74) is 0.994. The Kier molecular flexibility index (Phi) is 4.57. The lowest BCUT2D eigenvalue weighted by Gasteiger charge is -2.19. The van der Waals surface area contributed by atoms with Crippen LogP contribution in [0.2, 0.25) is 0 Å². The topological polar surface area (TPSA) is 47.3 Å². The van der Waals surface area contributed by atoms with Gasteiger partial charge < -0.3 is 14.4 Å². The zero-order valence-electron chi connectivity index (χ0n) is 13.0. The van der Waals surface area contributed by atoms with Gasteiger partial charge in [0.15, 0.2) is 0 Å². The molecule has 0 aliphatic rings. The second-order valence-electron chi connectivity index (χ2n) is 5.25.